The number of nitrogens with two attached hydrogens (primary N) is 1. The van der Waals surface area contributed by atoms with Crippen LogP contribution in [0.15, 0.2) is 54.6 Å². The Morgan fingerprint density at radius 2 is 1.33 bits per heavy atom. The van der Waals surface area contributed by atoms with Gasteiger partial charge in [-0.3, -0.25) is 0 Å². The molecule has 0 aromatic heterocycles. The first-order valence-electron chi connectivity index (χ1n) is 4.73. The zero-order chi connectivity index (χ0) is 10.7. The summed E-state index contributed by atoms with van der Waals surface area (Å²) in [6.07, 6.45) is 0. The van der Waals surface area contributed by atoms with Crippen molar-refractivity contribution in [1.82, 2.24) is 0 Å². The predicted molar refractivity (Wildman–Crippen MR) is 69.1 cm³/mol. The zero-order valence-electron chi connectivity index (χ0n) is 8.30. The Hall–Kier alpha value is -1.53. The van der Waals surface area contributed by atoms with Crippen molar-refractivity contribution in [3.8, 4) is 0 Å². The standard InChI is InChI=1S/C12H13N2P/c13-10-6-8-12(9-7-10)14(15)11-4-2-1-3-5-11/h1-9H,13,15H2. The Bertz CT molecular complexity index is 425. The molecule has 0 spiro atoms. The fourth-order valence-electron chi connectivity index (χ4n) is 1.37. The highest BCUT2D eigenvalue weighted by molar-refractivity contribution is 7.19. The number of nitrogen functional groups attached to an aromatic ring is 1. The van der Waals surface area contributed by atoms with Crippen LogP contribution in [0.25, 0.3) is 0 Å². The molecule has 1 atom stereocenters. The van der Waals surface area contributed by atoms with Crippen LogP contribution in [-0.4, -0.2) is 0 Å². The summed E-state index contributed by atoms with van der Waals surface area (Å²) in [5.41, 5.74) is 8.65. The minimum Gasteiger partial charge on any atom is -0.399 e. The second-order valence-corrected chi connectivity index (χ2v) is 3.81. The van der Waals surface area contributed by atoms with Crippen molar-refractivity contribution in [3.63, 3.8) is 0 Å². The maximum absolute atomic E-state index is 5.64. The van der Waals surface area contributed by atoms with Gasteiger partial charge in [-0.1, -0.05) is 18.2 Å². The van der Waals surface area contributed by atoms with Crippen LogP contribution in [0.1, 0.15) is 0 Å². The molecule has 0 saturated heterocycles. The van der Waals surface area contributed by atoms with E-state index >= 15 is 0 Å². The normalized spacial score (nSPS) is 9.93. The molecule has 0 amide bonds. The summed E-state index contributed by atoms with van der Waals surface area (Å²) in [7, 11) is 2.70. The molecule has 76 valence electrons. The summed E-state index contributed by atoms with van der Waals surface area (Å²) < 4.78 is 2.04. The Kier molecular flexibility index (Phi) is 2.89. The summed E-state index contributed by atoms with van der Waals surface area (Å²) in [5.74, 6) is 0. The maximum Gasteiger partial charge on any atom is 0.0443 e. The second kappa shape index (κ2) is 4.33. The van der Waals surface area contributed by atoms with Crippen LogP contribution in [0.2, 0.25) is 0 Å². The highest BCUT2D eigenvalue weighted by Crippen LogP contribution is 2.28. The van der Waals surface area contributed by atoms with Gasteiger partial charge in [-0.25, -0.2) is 0 Å². The number of hydrogen-bond acceptors (Lipinski definition) is 2. The van der Waals surface area contributed by atoms with Gasteiger partial charge in [0, 0.05) is 17.1 Å². The molecule has 2 rings (SSSR count). The van der Waals surface area contributed by atoms with Crippen molar-refractivity contribution >= 4 is 26.5 Å². The van der Waals surface area contributed by atoms with Gasteiger partial charge in [0.1, 0.15) is 0 Å². The Morgan fingerprint density at radius 1 is 0.800 bits per heavy atom. The van der Waals surface area contributed by atoms with Gasteiger partial charge in [-0.05, 0) is 45.8 Å². The number of nitrogens with zero attached hydrogens (tertiary/aromatic N) is 1. The fraction of sp³-hybridized carbons (Fsp3) is 0. The zero-order valence-corrected chi connectivity index (χ0v) is 9.45. The van der Waals surface area contributed by atoms with Crippen LogP contribution >= 0.6 is 9.39 Å². The van der Waals surface area contributed by atoms with Gasteiger partial charge in [-0.2, -0.15) is 0 Å². The molecule has 2 aromatic carbocycles. The summed E-state index contributed by atoms with van der Waals surface area (Å²) >= 11 is 0. The van der Waals surface area contributed by atoms with Crippen LogP contribution < -0.4 is 10.4 Å². The van der Waals surface area contributed by atoms with Gasteiger partial charge in [0.25, 0.3) is 0 Å². The molecule has 0 aliphatic rings. The minimum absolute atomic E-state index is 0.783. The highest BCUT2D eigenvalue weighted by Gasteiger charge is 2.01. The molecule has 0 saturated carbocycles. The lowest BCUT2D eigenvalue weighted by atomic mass is 10.2. The van der Waals surface area contributed by atoms with Gasteiger partial charge in [0.2, 0.25) is 0 Å². The van der Waals surface area contributed by atoms with Crippen molar-refractivity contribution in [2.75, 3.05) is 10.4 Å². The smallest absolute Gasteiger partial charge is 0.0443 e. The van der Waals surface area contributed by atoms with E-state index in [2.05, 4.69) is 21.5 Å². The van der Waals surface area contributed by atoms with Crippen molar-refractivity contribution in [2.24, 2.45) is 0 Å². The van der Waals surface area contributed by atoms with E-state index in [0.29, 0.717) is 0 Å². The molecular weight excluding hydrogens is 203 g/mol. The molecule has 3 heteroatoms. The Morgan fingerprint density at radius 3 is 1.93 bits per heavy atom. The second-order valence-electron chi connectivity index (χ2n) is 3.30. The SMILES string of the molecule is Nc1ccc(N(P)c2ccccc2)cc1. The largest absolute Gasteiger partial charge is 0.399 e. The van der Waals surface area contributed by atoms with Gasteiger partial charge in [0.05, 0.1) is 0 Å². The van der Waals surface area contributed by atoms with E-state index < -0.39 is 0 Å². The lowest BCUT2D eigenvalue weighted by molar-refractivity contribution is 1.43. The number of hydrogen-bond donors (Lipinski definition) is 1. The number of rotatable bonds is 2. The molecule has 0 heterocycles. The van der Waals surface area contributed by atoms with Crippen LogP contribution in [0, 0.1) is 0 Å². The maximum atomic E-state index is 5.64. The first-order valence-corrected chi connectivity index (χ1v) is 5.24. The molecule has 2 N–H and O–H groups in total. The van der Waals surface area contributed by atoms with Crippen molar-refractivity contribution in [1.29, 1.82) is 0 Å². The third kappa shape index (κ3) is 2.28. The number of para-hydroxylation sites is 1. The molecule has 2 aromatic rings. The average molecular weight is 216 g/mol. The van der Waals surface area contributed by atoms with E-state index in [1.165, 1.54) is 0 Å². The monoisotopic (exact) mass is 216 g/mol. The van der Waals surface area contributed by atoms with E-state index in [9.17, 15) is 0 Å². The lowest BCUT2D eigenvalue weighted by Gasteiger charge is -2.18. The summed E-state index contributed by atoms with van der Waals surface area (Å²) in [5, 5.41) is 0. The molecule has 0 bridgehead atoms. The molecule has 0 fully saturated rings. The molecule has 1 unspecified atom stereocenters. The molecule has 0 radical (unpaired) electrons. The lowest BCUT2D eigenvalue weighted by Crippen LogP contribution is -2.00. The summed E-state index contributed by atoms with van der Waals surface area (Å²) in [4.78, 5) is 0. The van der Waals surface area contributed by atoms with Crippen LogP contribution in [0.5, 0.6) is 0 Å². The number of anilines is 3. The molecule has 0 aliphatic carbocycles. The van der Waals surface area contributed by atoms with Crippen LogP contribution in [0.3, 0.4) is 0 Å². The molecule has 2 nitrogen and oxygen atoms in total. The van der Waals surface area contributed by atoms with E-state index in [1.807, 2.05) is 47.1 Å². The van der Waals surface area contributed by atoms with E-state index in [0.717, 1.165) is 17.1 Å². The predicted octanol–water partition coefficient (Wildman–Crippen LogP) is 3.20. The average Bonchev–Trinajstić information content (AvgIpc) is 2.30. The van der Waals surface area contributed by atoms with E-state index in [4.69, 9.17) is 5.73 Å². The van der Waals surface area contributed by atoms with E-state index in [-0.39, 0.29) is 0 Å². The molecule has 15 heavy (non-hydrogen) atoms. The Balaban J connectivity index is 2.29. The first-order chi connectivity index (χ1) is 7.27. The summed E-state index contributed by atoms with van der Waals surface area (Å²) in [6.45, 7) is 0. The molecule has 0 aliphatic heterocycles. The topological polar surface area (TPSA) is 29.3 Å². The third-order valence-corrected chi connectivity index (χ3v) is 2.80. The summed E-state index contributed by atoms with van der Waals surface area (Å²) in [6, 6.07) is 17.9. The van der Waals surface area contributed by atoms with Crippen LogP contribution in [-0.2, 0) is 0 Å². The highest BCUT2D eigenvalue weighted by atomic mass is 31.0. The number of benzene rings is 2. The Labute approximate surface area is 92.0 Å². The van der Waals surface area contributed by atoms with Gasteiger partial charge in [-0.15, -0.1) is 0 Å². The van der Waals surface area contributed by atoms with Gasteiger partial charge < -0.3 is 10.4 Å². The third-order valence-electron chi connectivity index (χ3n) is 2.21. The van der Waals surface area contributed by atoms with Gasteiger partial charge >= 0.3 is 0 Å². The quantitative estimate of drug-likeness (QED) is 0.617. The van der Waals surface area contributed by atoms with Gasteiger partial charge in [0.15, 0.2) is 0 Å². The van der Waals surface area contributed by atoms with Crippen molar-refractivity contribution in [3.05, 3.63) is 54.6 Å². The van der Waals surface area contributed by atoms with Crippen molar-refractivity contribution in [2.45, 2.75) is 0 Å². The van der Waals surface area contributed by atoms with Crippen molar-refractivity contribution < 1.29 is 0 Å². The minimum atomic E-state index is 0.783. The van der Waals surface area contributed by atoms with Crippen LogP contribution in [0.4, 0.5) is 17.1 Å². The molecular formula is C12H13N2P. The fourth-order valence-corrected chi connectivity index (χ4v) is 1.72. The first kappa shape index (κ1) is 10.0. The van der Waals surface area contributed by atoms with E-state index in [1.54, 1.807) is 0 Å².